The SMILES string of the molecule is CC(C)Cc1cc(-c2nn3c(CCc4ccccc4)nnc3s2)n[nH]1. The normalized spacial score (nSPS) is 11.6. The fourth-order valence-electron chi connectivity index (χ4n) is 2.83. The van der Waals surface area contributed by atoms with Crippen LogP contribution in [-0.2, 0) is 19.3 Å². The van der Waals surface area contributed by atoms with Crippen molar-refractivity contribution >= 4 is 16.3 Å². The van der Waals surface area contributed by atoms with Gasteiger partial charge in [0.25, 0.3) is 0 Å². The van der Waals surface area contributed by atoms with E-state index in [-0.39, 0.29) is 0 Å². The molecule has 7 heteroatoms. The van der Waals surface area contributed by atoms with Gasteiger partial charge in [0.2, 0.25) is 4.96 Å². The van der Waals surface area contributed by atoms with Crippen LogP contribution in [0.15, 0.2) is 36.4 Å². The lowest BCUT2D eigenvalue weighted by molar-refractivity contribution is 0.633. The van der Waals surface area contributed by atoms with Gasteiger partial charge < -0.3 is 0 Å². The maximum absolute atomic E-state index is 4.68. The number of rotatable bonds is 6. The second-order valence-electron chi connectivity index (χ2n) is 6.58. The summed E-state index contributed by atoms with van der Waals surface area (Å²) >= 11 is 1.52. The van der Waals surface area contributed by atoms with Crippen molar-refractivity contribution in [1.82, 2.24) is 30.0 Å². The van der Waals surface area contributed by atoms with Crippen LogP contribution in [0.1, 0.15) is 30.9 Å². The number of nitrogens with zero attached hydrogens (tertiary/aromatic N) is 5. The van der Waals surface area contributed by atoms with Crippen molar-refractivity contribution in [2.24, 2.45) is 5.92 Å². The van der Waals surface area contributed by atoms with Gasteiger partial charge in [0.1, 0.15) is 5.69 Å². The monoisotopic (exact) mass is 352 g/mol. The summed E-state index contributed by atoms with van der Waals surface area (Å²) in [6.07, 6.45) is 2.72. The molecule has 0 aliphatic rings. The third-order valence-corrected chi connectivity index (χ3v) is 4.94. The molecule has 0 atom stereocenters. The van der Waals surface area contributed by atoms with Crippen molar-refractivity contribution in [1.29, 1.82) is 0 Å². The summed E-state index contributed by atoms with van der Waals surface area (Å²) < 4.78 is 1.85. The highest BCUT2D eigenvalue weighted by Gasteiger charge is 2.15. The predicted molar refractivity (Wildman–Crippen MR) is 98.6 cm³/mol. The average Bonchev–Trinajstić information content (AvgIpc) is 3.29. The first-order chi connectivity index (χ1) is 12.2. The van der Waals surface area contributed by atoms with Crippen molar-refractivity contribution in [3.05, 3.63) is 53.5 Å². The Bertz CT molecular complexity index is 966. The molecular formula is C18H20N6S. The van der Waals surface area contributed by atoms with E-state index >= 15 is 0 Å². The summed E-state index contributed by atoms with van der Waals surface area (Å²) in [6, 6.07) is 12.5. The predicted octanol–water partition coefficient (Wildman–Crippen LogP) is 3.56. The van der Waals surface area contributed by atoms with E-state index in [2.05, 4.69) is 69.7 Å². The second-order valence-corrected chi connectivity index (χ2v) is 7.54. The van der Waals surface area contributed by atoms with Gasteiger partial charge in [-0.1, -0.05) is 55.5 Å². The molecule has 0 aliphatic heterocycles. The van der Waals surface area contributed by atoms with Gasteiger partial charge in [-0.25, -0.2) is 0 Å². The van der Waals surface area contributed by atoms with E-state index in [0.29, 0.717) is 5.92 Å². The Morgan fingerprint density at radius 1 is 1.12 bits per heavy atom. The third-order valence-electron chi connectivity index (χ3n) is 4.01. The summed E-state index contributed by atoms with van der Waals surface area (Å²) in [5.74, 6) is 1.48. The van der Waals surface area contributed by atoms with Crippen LogP contribution in [0, 0.1) is 5.92 Å². The fourth-order valence-corrected chi connectivity index (χ4v) is 3.65. The zero-order valence-corrected chi connectivity index (χ0v) is 15.1. The van der Waals surface area contributed by atoms with E-state index in [1.807, 2.05) is 10.6 Å². The Hall–Kier alpha value is -2.54. The van der Waals surface area contributed by atoms with Crippen molar-refractivity contribution < 1.29 is 0 Å². The number of nitrogens with one attached hydrogen (secondary N) is 1. The number of H-pyrrole nitrogens is 1. The number of aromatic amines is 1. The smallest absolute Gasteiger partial charge is 0.235 e. The van der Waals surface area contributed by atoms with Crippen molar-refractivity contribution in [2.45, 2.75) is 33.1 Å². The van der Waals surface area contributed by atoms with E-state index in [1.54, 1.807) is 0 Å². The molecule has 0 aliphatic carbocycles. The minimum Gasteiger partial charge on any atom is -0.282 e. The zero-order valence-electron chi connectivity index (χ0n) is 14.3. The highest BCUT2D eigenvalue weighted by Crippen LogP contribution is 2.25. The Kier molecular flexibility index (Phi) is 4.31. The van der Waals surface area contributed by atoms with Gasteiger partial charge in [-0.15, -0.1) is 10.2 Å². The first kappa shape index (κ1) is 16.0. The van der Waals surface area contributed by atoms with E-state index in [9.17, 15) is 0 Å². The van der Waals surface area contributed by atoms with E-state index < -0.39 is 0 Å². The molecule has 1 aromatic carbocycles. The standard InChI is InChI=1S/C18H20N6S/c1-12(2)10-14-11-15(20-19-14)17-23-24-16(21-22-18(24)25-17)9-8-13-6-4-3-5-7-13/h3-7,11-12H,8-10H2,1-2H3,(H,19,20). The van der Waals surface area contributed by atoms with Crippen molar-refractivity contribution in [3.63, 3.8) is 0 Å². The number of benzene rings is 1. The molecule has 3 heterocycles. The lowest BCUT2D eigenvalue weighted by atomic mass is 10.1. The summed E-state index contributed by atoms with van der Waals surface area (Å²) in [5.41, 5.74) is 3.31. The lowest BCUT2D eigenvalue weighted by Crippen LogP contribution is -1.99. The van der Waals surface area contributed by atoms with E-state index in [0.717, 1.165) is 46.4 Å². The van der Waals surface area contributed by atoms with Crippen LogP contribution in [0.5, 0.6) is 0 Å². The van der Waals surface area contributed by atoms with Gasteiger partial charge >= 0.3 is 0 Å². The molecule has 0 spiro atoms. The molecule has 4 aromatic rings. The van der Waals surface area contributed by atoms with Crippen molar-refractivity contribution in [3.8, 4) is 10.7 Å². The van der Waals surface area contributed by atoms with Crippen LogP contribution < -0.4 is 0 Å². The molecule has 0 radical (unpaired) electrons. The quantitative estimate of drug-likeness (QED) is 0.576. The molecule has 4 rings (SSSR count). The molecule has 0 fully saturated rings. The molecule has 0 saturated heterocycles. The number of hydrogen-bond donors (Lipinski definition) is 1. The van der Waals surface area contributed by atoms with Gasteiger partial charge in [-0.3, -0.25) is 5.10 Å². The van der Waals surface area contributed by atoms with Crippen LogP contribution in [0.2, 0.25) is 0 Å². The van der Waals surface area contributed by atoms with Crippen LogP contribution in [-0.4, -0.2) is 30.0 Å². The molecule has 6 nitrogen and oxygen atoms in total. The lowest BCUT2D eigenvalue weighted by Gasteiger charge is -1.98. The molecule has 25 heavy (non-hydrogen) atoms. The van der Waals surface area contributed by atoms with Gasteiger partial charge in [0.05, 0.1) is 0 Å². The second kappa shape index (κ2) is 6.76. The molecular weight excluding hydrogens is 332 g/mol. The summed E-state index contributed by atoms with van der Waals surface area (Å²) in [7, 11) is 0. The van der Waals surface area contributed by atoms with Crippen molar-refractivity contribution in [2.75, 3.05) is 0 Å². The topological polar surface area (TPSA) is 71.8 Å². The van der Waals surface area contributed by atoms with Crippen LogP contribution >= 0.6 is 11.3 Å². The molecule has 1 N–H and O–H groups in total. The molecule has 0 unspecified atom stereocenters. The first-order valence-corrected chi connectivity index (χ1v) is 9.30. The molecule has 128 valence electrons. The Morgan fingerprint density at radius 3 is 2.76 bits per heavy atom. The van der Waals surface area contributed by atoms with Gasteiger partial charge in [0.15, 0.2) is 10.8 Å². The minimum absolute atomic E-state index is 0.593. The third kappa shape index (κ3) is 3.46. The largest absolute Gasteiger partial charge is 0.282 e. The Morgan fingerprint density at radius 2 is 1.96 bits per heavy atom. The first-order valence-electron chi connectivity index (χ1n) is 8.49. The Labute approximate surface area is 149 Å². The average molecular weight is 352 g/mol. The number of aryl methyl sites for hydroxylation is 2. The zero-order chi connectivity index (χ0) is 17.2. The van der Waals surface area contributed by atoms with Gasteiger partial charge in [-0.05, 0) is 30.4 Å². The minimum atomic E-state index is 0.593. The van der Waals surface area contributed by atoms with Crippen LogP contribution in [0.4, 0.5) is 0 Å². The number of fused-ring (bicyclic) bond motifs is 1. The summed E-state index contributed by atoms with van der Waals surface area (Å²) in [5, 5.41) is 21.6. The number of aromatic nitrogens is 6. The maximum atomic E-state index is 4.68. The van der Waals surface area contributed by atoms with Gasteiger partial charge in [-0.2, -0.15) is 14.7 Å². The van der Waals surface area contributed by atoms with E-state index in [1.165, 1.54) is 16.9 Å². The molecule has 0 bridgehead atoms. The highest BCUT2D eigenvalue weighted by molar-refractivity contribution is 7.19. The summed E-state index contributed by atoms with van der Waals surface area (Å²) in [6.45, 7) is 4.39. The highest BCUT2D eigenvalue weighted by atomic mass is 32.1. The van der Waals surface area contributed by atoms with Gasteiger partial charge in [0, 0.05) is 12.1 Å². The molecule has 0 amide bonds. The summed E-state index contributed by atoms with van der Waals surface area (Å²) in [4.78, 5) is 0.812. The molecule has 0 saturated carbocycles. The Balaban J connectivity index is 1.55. The fraction of sp³-hybridized carbons (Fsp3) is 0.333. The van der Waals surface area contributed by atoms with Crippen LogP contribution in [0.25, 0.3) is 15.7 Å². The molecule has 3 aromatic heterocycles. The maximum Gasteiger partial charge on any atom is 0.235 e. The van der Waals surface area contributed by atoms with Crippen LogP contribution in [0.3, 0.4) is 0 Å². The number of hydrogen-bond acceptors (Lipinski definition) is 5. The van der Waals surface area contributed by atoms with E-state index in [4.69, 9.17) is 0 Å².